The number of alkyl halides is 1. The van der Waals surface area contributed by atoms with Crippen LogP contribution in [0.1, 0.15) is 16.8 Å². The highest BCUT2D eigenvalue weighted by atomic mass is 79.9. The molecule has 1 heterocycles. The zero-order valence-corrected chi connectivity index (χ0v) is 14.7. The minimum Gasteiger partial charge on any atom is -0.461 e. The molecule has 6 nitrogen and oxygen atoms in total. The third-order valence-electron chi connectivity index (χ3n) is 5.23. The maximum atomic E-state index is 12.5. The predicted octanol–water partition coefficient (Wildman–Crippen LogP) is 1.67. The molecule has 1 aliphatic heterocycles. The fourth-order valence-electron chi connectivity index (χ4n) is 4.21. The number of ether oxygens (including phenoxy) is 1. The van der Waals surface area contributed by atoms with E-state index < -0.39 is 17.7 Å². The molecule has 2 aliphatic carbocycles. The molecule has 1 aromatic carbocycles. The highest BCUT2D eigenvalue weighted by molar-refractivity contribution is 9.09. The van der Waals surface area contributed by atoms with E-state index in [4.69, 9.17) is 16.3 Å². The topological polar surface area (TPSA) is 84.5 Å². The Labute approximate surface area is 151 Å². The molecule has 0 aromatic heterocycles. The number of hydrogen-bond acceptors (Lipinski definition) is 4. The zero-order chi connectivity index (χ0) is 17.0. The molecule has 1 saturated heterocycles. The summed E-state index contributed by atoms with van der Waals surface area (Å²) in [4.78, 5) is 36.6. The van der Waals surface area contributed by atoms with Gasteiger partial charge in [0.15, 0.2) is 0 Å². The van der Waals surface area contributed by atoms with Crippen molar-refractivity contribution in [3.63, 3.8) is 0 Å². The van der Waals surface area contributed by atoms with Crippen LogP contribution in [0.4, 0.5) is 0 Å². The summed E-state index contributed by atoms with van der Waals surface area (Å²) in [7, 11) is 0. The first kappa shape index (κ1) is 15.9. The van der Waals surface area contributed by atoms with Crippen LogP contribution in [-0.2, 0) is 14.3 Å². The Morgan fingerprint density at radius 2 is 1.88 bits per heavy atom. The molecule has 24 heavy (non-hydrogen) atoms. The van der Waals surface area contributed by atoms with Gasteiger partial charge in [-0.15, -0.1) is 0 Å². The van der Waals surface area contributed by atoms with E-state index in [2.05, 4.69) is 26.8 Å². The van der Waals surface area contributed by atoms with Gasteiger partial charge in [-0.05, 0) is 36.6 Å². The second-order valence-corrected chi connectivity index (χ2v) is 7.90. The van der Waals surface area contributed by atoms with Crippen molar-refractivity contribution in [2.45, 2.75) is 17.4 Å². The Morgan fingerprint density at radius 3 is 2.58 bits per heavy atom. The summed E-state index contributed by atoms with van der Waals surface area (Å²) in [5.41, 5.74) is 5.22. The van der Waals surface area contributed by atoms with E-state index >= 15 is 0 Å². The standard InChI is InChI=1S/C16H14BrClN2O4/c17-12-8-5-9-11(16(23)24-13(9)12)10(8)15(22)20-19-14(21)6-1-3-7(18)4-2-6/h1-4,8-13H,5H2,(H,19,21)(H,20,22)/t8-,9-,10-,11+,12-,13+/m1/s1. The van der Waals surface area contributed by atoms with Gasteiger partial charge in [-0.3, -0.25) is 25.2 Å². The number of amides is 2. The monoisotopic (exact) mass is 412 g/mol. The van der Waals surface area contributed by atoms with Gasteiger partial charge in [0.05, 0.1) is 16.7 Å². The Balaban J connectivity index is 1.43. The van der Waals surface area contributed by atoms with E-state index in [9.17, 15) is 14.4 Å². The fraction of sp³-hybridized carbons (Fsp3) is 0.438. The van der Waals surface area contributed by atoms with Gasteiger partial charge < -0.3 is 4.74 Å². The molecular formula is C16H14BrClN2O4. The number of esters is 1. The summed E-state index contributed by atoms with van der Waals surface area (Å²) in [5.74, 6) is -1.84. The van der Waals surface area contributed by atoms with Crippen LogP contribution in [0.25, 0.3) is 0 Å². The van der Waals surface area contributed by atoms with E-state index in [-0.39, 0.29) is 34.6 Å². The Bertz CT molecular complexity index is 725. The van der Waals surface area contributed by atoms with Crippen molar-refractivity contribution < 1.29 is 19.1 Å². The van der Waals surface area contributed by atoms with Crippen LogP contribution in [0, 0.1) is 23.7 Å². The van der Waals surface area contributed by atoms with E-state index in [1.54, 1.807) is 24.3 Å². The minimum atomic E-state index is -0.476. The number of carbonyl (C=O) groups is 3. The van der Waals surface area contributed by atoms with Gasteiger partial charge in [0, 0.05) is 16.5 Å². The molecule has 3 aliphatic rings. The van der Waals surface area contributed by atoms with Crippen molar-refractivity contribution in [3.8, 4) is 0 Å². The molecular weight excluding hydrogens is 400 g/mol. The Kier molecular flexibility index (Phi) is 3.80. The van der Waals surface area contributed by atoms with Crippen molar-refractivity contribution in [1.82, 2.24) is 10.9 Å². The van der Waals surface area contributed by atoms with Gasteiger partial charge in [0.1, 0.15) is 6.10 Å². The van der Waals surface area contributed by atoms with Gasteiger partial charge in [-0.1, -0.05) is 27.5 Å². The quantitative estimate of drug-likeness (QED) is 0.439. The molecule has 2 bridgehead atoms. The third-order valence-corrected chi connectivity index (χ3v) is 6.68. The lowest BCUT2D eigenvalue weighted by Crippen LogP contribution is -2.49. The second-order valence-electron chi connectivity index (χ2n) is 6.41. The number of benzene rings is 1. The summed E-state index contributed by atoms with van der Waals surface area (Å²) >= 11 is 9.33. The van der Waals surface area contributed by atoms with Crippen molar-refractivity contribution in [3.05, 3.63) is 34.9 Å². The number of halogens is 2. The zero-order valence-electron chi connectivity index (χ0n) is 12.4. The Hall–Kier alpha value is -1.60. The summed E-state index contributed by atoms with van der Waals surface area (Å²) in [6.45, 7) is 0. The van der Waals surface area contributed by atoms with Gasteiger partial charge in [-0.2, -0.15) is 0 Å². The average molecular weight is 414 g/mol. The van der Waals surface area contributed by atoms with E-state index in [1.807, 2.05) is 0 Å². The number of nitrogens with one attached hydrogen (secondary N) is 2. The number of hydrogen-bond donors (Lipinski definition) is 2. The highest BCUT2D eigenvalue weighted by Crippen LogP contribution is 2.59. The van der Waals surface area contributed by atoms with Crippen LogP contribution < -0.4 is 10.9 Å². The van der Waals surface area contributed by atoms with Crippen LogP contribution in [0.2, 0.25) is 5.02 Å². The summed E-state index contributed by atoms with van der Waals surface area (Å²) < 4.78 is 5.37. The molecule has 2 N–H and O–H groups in total. The summed E-state index contributed by atoms with van der Waals surface area (Å²) in [5, 5.41) is 0.523. The largest absolute Gasteiger partial charge is 0.461 e. The van der Waals surface area contributed by atoms with Crippen LogP contribution in [-0.4, -0.2) is 28.7 Å². The smallest absolute Gasteiger partial charge is 0.310 e. The summed E-state index contributed by atoms with van der Waals surface area (Å²) in [6.07, 6.45) is 0.667. The first-order chi connectivity index (χ1) is 11.5. The molecule has 0 spiro atoms. The first-order valence-electron chi connectivity index (χ1n) is 7.67. The number of rotatable bonds is 2. The molecule has 2 saturated carbocycles. The lowest BCUT2D eigenvalue weighted by atomic mass is 9.79. The third kappa shape index (κ3) is 2.33. The lowest BCUT2D eigenvalue weighted by molar-refractivity contribution is -0.146. The number of fused-ring (bicyclic) bond motifs is 1. The van der Waals surface area contributed by atoms with E-state index in [1.165, 1.54) is 0 Å². The minimum absolute atomic E-state index is 0.00656. The SMILES string of the molecule is O=C(NNC(=O)[C@@H]1[C@H]2C[C@H]3[C@H](OC(=O)[C@@H]31)[C@@H]2Br)c1ccc(Cl)cc1. The van der Waals surface area contributed by atoms with Crippen LogP contribution in [0.15, 0.2) is 24.3 Å². The van der Waals surface area contributed by atoms with Gasteiger partial charge in [0.2, 0.25) is 5.91 Å². The van der Waals surface area contributed by atoms with Crippen molar-refractivity contribution in [2.24, 2.45) is 23.7 Å². The highest BCUT2D eigenvalue weighted by Gasteiger charge is 2.67. The van der Waals surface area contributed by atoms with Crippen molar-refractivity contribution in [2.75, 3.05) is 0 Å². The molecule has 8 heteroatoms. The molecule has 2 amide bonds. The molecule has 0 radical (unpaired) electrons. The van der Waals surface area contributed by atoms with Crippen LogP contribution >= 0.6 is 27.5 Å². The number of hydrazine groups is 1. The molecule has 1 aromatic rings. The molecule has 3 fully saturated rings. The van der Waals surface area contributed by atoms with Crippen molar-refractivity contribution in [1.29, 1.82) is 0 Å². The Morgan fingerprint density at radius 1 is 1.17 bits per heavy atom. The van der Waals surface area contributed by atoms with Crippen LogP contribution in [0.5, 0.6) is 0 Å². The number of carbonyl (C=O) groups excluding carboxylic acids is 3. The summed E-state index contributed by atoms with van der Waals surface area (Å²) in [6, 6.07) is 6.32. The first-order valence-corrected chi connectivity index (χ1v) is 8.97. The van der Waals surface area contributed by atoms with Gasteiger partial charge in [0.25, 0.3) is 5.91 Å². The molecule has 0 unspecified atom stereocenters. The maximum absolute atomic E-state index is 12.5. The molecule has 126 valence electrons. The lowest BCUT2D eigenvalue weighted by Gasteiger charge is -2.27. The normalized spacial score (nSPS) is 35.7. The maximum Gasteiger partial charge on any atom is 0.310 e. The van der Waals surface area contributed by atoms with E-state index in [0.717, 1.165) is 6.42 Å². The predicted molar refractivity (Wildman–Crippen MR) is 88.2 cm³/mol. The van der Waals surface area contributed by atoms with Gasteiger partial charge >= 0.3 is 5.97 Å². The van der Waals surface area contributed by atoms with Gasteiger partial charge in [-0.25, -0.2) is 0 Å². The molecule has 4 rings (SSSR count). The van der Waals surface area contributed by atoms with Crippen molar-refractivity contribution >= 4 is 45.3 Å². The van der Waals surface area contributed by atoms with E-state index in [0.29, 0.717) is 10.6 Å². The fourth-order valence-corrected chi connectivity index (χ4v) is 5.38. The average Bonchev–Trinajstić information content (AvgIpc) is 3.17. The molecule has 6 atom stereocenters. The van der Waals surface area contributed by atoms with Crippen LogP contribution in [0.3, 0.4) is 0 Å². The second kappa shape index (κ2) is 5.74.